The van der Waals surface area contributed by atoms with Crippen LogP contribution < -0.4 is 5.73 Å². The minimum atomic E-state index is -0.342. The number of hydrogen-bond acceptors (Lipinski definition) is 3. The number of halogens is 1. The first-order chi connectivity index (χ1) is 7.25. The molecule has 2 aromatic rings. The van der Waals surface area contributed by atoms with Gasteiger partial charge in [-0.2, -0.15) is 11.3 Å². The molecule has 0 amide bonds. The second kappa shape index (κ2) is 4.68. The Morgan fingerprint density at radius 1 is 1.33 bits per heavy atom. The summed E-state index contributed by atoms with van der Waals surface area (Å²) >= 11 is 3.29. The Bertz CT molecular complexity index is 440. The minimum absolute atomic E-state index is 0.204. The van der Waals surface area contributed by atoms with E-state index in [0.29, 0.717) is 0 Å². The minimum Gasteiger partial charge on any atom is -0.396 e. The summed E-state index contributed by atoms with van der Waals surface area (Å²) in [5.74, 6) is 0.526. The van der Waals surface area contributed by atoms with Gasteiger partial charge in [0.25, 0.3) is 0 Å². The maximum absolute atomic E-state index is 13.1. The molecule has 78 valence electrons. The van der Waals surface area contributed by atoms with Gasteiger partial charge in [0.15, 0.2) is 0 Å². The van der Waals surface area contributed by atoms with E-state index in [9.17, 15) is 4.39 Å². The quantitative estimate of drug-likeness (QED) is 0.652. The van der Waals surface area contributed by atoms with Crippen LogP contribution in [0.5, 0.6) is 0 Å². The molecule has 0 unspecified atom stereocenters. The van der Waals surface area contributed by atoms with Crippen LogP contribution in [0.3, 0.4) is 0 Å². The topological polar surface area (TPSA) is 26.0 Å². The smallest absolute Gasteiger partial charge is 0.147 e. The molecule has 2 N–H and O–H groups in total. The standard InChI is InChI=1S/C11H10FNS2/c12-10-5-9(1-2-11(10)13)15-7-8-3-4-14-6-8/h1-6H,7,13H2. The number of thiophene rings is 1. The zero-order chi connectivity index (χ0) is 10.7. The van der Waals surface area contributed by atoms with Gasteiger partial charge in [0.2, 0.25) is 0 Å². The van der Waals surface area contributed by atoms with Gasteiger partial charge in [-0.15, -0.1) is 11.8 Å². The van der Waals surface area contributed by atoms with Gasteiger partial charge in [0.05, 0.1) is 5.69 Å². The van der Waals surface area contributed by atoms with E-state index < -0.39 is 0 Å². The Balaban J connectivity index is 2.02. The lowest BCUT2D eigenvalue weighted by Gasteiger charge is -2.01. The van der Waals surface area contributed by atoms with Gasteiger partial charge >= 0.3 is 0 Å². The van der Waals surface area contributed by atoms with Crippen LogP contribution in [0, 0.1) is 5.82 Å². The van der Waals surface area contributed by atoms with Crippen molar-refractivity contribution < 1.29 is 4.39 Å². The van der Waals surface area contributed by atoms with Crippen molar-refractivity contribution >= 4 is 28.8 Å². The van der Waals surface area contributed by atoms with Crippen LogP contribution in [0.25, 0.3) is 0 Å². The van der Waals surface area contributed by atoms with Crippen molar-refractivity contribution in [3.8, 4) is 0 Å². The fourth-order valence-corrected chi connectivity index (χ4v) is 2.78. The van der Waals surface area contributed by atoms with Gasteiger partial charge in [-0.1, -0.05) is 0 Å². The molecule has 2 rings (SSSR count). The van der Waals surface area contributed by atoms with E-state index in [2.05, 4.69) is 11.4 Å². The Morgan fingerprint density at radius 3 is 2.87 bits per heavy atom. The average molecular weight is 239 g/mol. The molecule has 4 heteroatoms. The lowest BCUT2D eigenvalue weighted by atomic mass is 10.3. The van der Waals surface area contributed by atoms with Crippen LogP contribution in [0.1, 0.15) is 5.56 Å². The summed E-state index contributed by atoms with van der Waals surface area (Å²) in [6.07, 6.45) is 0. The number of nitrogen functional groups attached to an aromatic ring is 1. The molecule has 0 aliphatic rings. The summed E-state index contributed by atoms with van der Waals surface area (Å²) in [4.78, 5) is 0.910. The predicted octanol–water partition coefficient (Wildman–Crippen LogP) is 3.76. The van der Waals surface area contributed by atoms with Gasteiger partial charge < -0.3 is 5.73 Å². The molecule has 15 heavy (non-hydrogen) atoms. The molecule has 0 fully saturated rings. The van der Waals surface area contributed by atoms with Crippen molar-refractivity contribution in [1.82, 2.24) is 0 Å². The van der Waals surface area contributed by atoms with Crippen LogP contribution in [-0.4, -0.2) is 0 Å². The van der Waals surface area contributed by atoms with Gasteiger partial charge in [-0.3, -0.25) is 0 Å². The summed E-state index contributed by atoms with van der Waals surface area (Å²) in [6.45, 7) is 0. The second-order valence-electron chi connectivity index (χ2n) is 3.10. The van der Waals surface area contributed by atoms with Crippen LogP contribution in [0.4, 0.5) is 10.1 Å². The largest absolute Gasteiger partial charge is 0.396 e. The molecule has 1 nitrogen and oxygen atoms in total. The third-order valence-electron chi connectivity index (χ3n) is 1.96. The number of anilines is 1. The molecule has 0 radical (unpaired) electrons. The van der Waals surface area contributed by atoms with Crippen LogP contribution >= 0.6 is 23.1 Å². The molecule has 0 atom stereocenters. The highest BCUT2D eigenvalue weighted by atomic mass is 32.2. The fourth-order valence-electron chi connectivity index (χ4n) is 1.14. The monoisotopic (exact) mass is 239 g/mol. The molecule has 0 saturated heterocycles. The van der Waals surface area contributed by atoms with Crippen molar-refractivity contribution in [2.24, 2.45) is 0 Å². The summed E-state index contributed by atoms with van der Waals surface area (Å²) < 4.78 is 13.1. The molecule has 0 spiro atoms. The highest BCUT2D eigenvalue weighted by Crippen LogP contribution is 2.25. The maximum atomic E-state index is 13.1. The van der Waals surface area contributed by atoms with Gasteiger partial charge in [0.1, 0.15) is 5.82 Å². The van der Waals surface area contributed by atoms with Crippen molar-refractivity contribution in [2.45, 2.75) is 10.6 Å². The molecule has 1 aromatic heterocycles. The molecule has 0 bridgehead atoms. The summed E-state index contributed by atoms with van der Waals surface area (Å²) in [5, 5.41) is 4.14. The average Bonchev–Trinajstić information content (AvgIpc) is 2.73. The van der Waals surface area contributed by atoms with Crippen molar-refractivity contribution in [3.05, 3.63) is 46.4 Å². The van der Waals surface area contributed by atoms with E-state index in [-0.39, 0.29) is 11.5 Å². The zero-order valence-corrected chi connectivity index (χ0v) is 9.58. The maximum Gasteiger partial charge on any atom is 0.147 e. The molecule has 0 saturated carbocycles. The third-order valence-corrected chi connectivity index (χ3v) is 3.75. The number of thioether (sulfide) groups is 1. The first-order valence-corrected chi connectivity index (χ1v) is 6.37. The molecular formula is C11H10FNS2. The second-order valence-corrected chi connectivity index (χ2v) is 4.93. The molecule has 1 aromatic carbocycles. The van der Waals surface area contributed by atoms with Gasteiger partial charge in [-0.25, -0.2) is 4.39 Å². The lowest BCUT2D eigenvalue weighted by molar-refractivity contribution is 0.629. The summed E-state index contributed by atoms with van der Waals surface area (Å²) in [5.41, 5.74) is 6.87. The van der Waals surface area contributed by atoms with Gasteiger partial charge in [-0.05, 0) is 40.6 Å². The molecule has 0 aliphatic carbocycles. The SMILES string of the molecule is Nc1ccc(SCc2ccsc2)cc1F. The summed E-state index contributed by atoms with van der Waals surface area (Å²) in [7, 11) is 0. The van der Waals surface area contributed by atoms with E-state index in [1.807, 2.05) is 11.4 Å². The molecular weight excluding hydrogens is 229 g/mol. The van der Waals surface area contributed by atoms with Crippen LogP contribution in [0.2, 0.25) is 0 Å². The third kappa shape index (κ3) is 2.73. The summed E-state index contributed by atoms with van der Waals surface area (Å²) in [6, 6.07) is 7.00. The predicted molar refractivity (Wildman–Crippen MR) is 64.7 cm³/mol. The highest BCUT2D eigenvalue weighted by Gasteiger charge is 2.01. The first-order valence-electron chi connectivity index (χ1n) is 4.44. The normalized spacial score (nSPS) is 10.5. The Hall–Kier alpha value is -1.00. The number of benzene rings is 1. The van der Waals surface area contributed by atoms with Gasteiger partial charge in [0, 0.05) is 10.6 Å². The molecule has 1 heterocycles. The van der Waals surface area contributed by atoms with Crippen molar-refractivity contribution in [2.75, 3.05) is 5.73 Å². The molecule has 0 aliphatic heterocycles. The Labute approximate surface area is 96.1 Å². The number of rotatable bonds is 3. The van der Waals surface area contributed by atoms with E-state index in [4.69, 9.17) is 5.73 Å². The Kier molecular flexibility index (Phi) is 3.28. The Morgan fingerprint density at radius 2 is 2.20 bits per heavy atom. The zero-order valence-electron chi connectivity index (χ0n) is 7.94. The number of hydrogen-bond donors (Lipinski definition) is 1. The van der Waals surface area contributed by atoms with Crippen LogP contribution in [-0.2, 0) is 5.75 Å². The first kappa shape index (κ1) is 10.5. The number of nitrogens with two attached hydrogens (primary N) is 1. The van der Waals surface area contributed by atoms with Crippen molar-refractivity contribution in [3.63, 3.8) is 0 Å². The van der Waals surface area contributed by atoms with E-state index >= 15 is 0 Å². The highest BCUT2D eigenvalue weighted by molar-refractivity contribution is 7.98. The van der Waals surface area contributed by atoms with Crippen molar-refractivity contribution in [1.29, 1.82) is 0 Å². The van der Waals surface area contributed by atoms with E-state index in [1.54, 1.807) is 29.2 Å². The van der Waals surface area contributed by atoms with E-state index in [0.717, 1.165) is 10.6 Å². The van der Waals surface area contributed by atoms with E-state index in [1.165, 1.54) is 11.6 Å². The lowest BCUT2D eigenvalue weighted by Crippen LogP contribution is -1.89. The van der Waals surface area contributed by atoms with Crippen LogP contribution in [0.15, 0.2) is 39.9 Å². The fraction of sp³-hybridized carbons (Fsp3) is 0.0909.